The van der Waals surface area contributed by atoms with Crippen molar-refractivity contribution in [3.8, 4) is 28.5 Å². The summed E-state index contributed by atoms with van der Waals surface area (Å²) in [6.45, 7) is 1.13. The number of nitrogens with zero attached hydrogens (tertiary/aromatic N) is 2. The van der Waals surface area contributed by atoms with Crippen LogP contribution < -0.4 is 14.2 Å². The lowest BCUT2D eigenvalue weighted by molar-refractivity contribution is 0.0734. The van der Waals surface area contributed by atoms with Crippen LogP contribution in [0.5, 0.6) is 17.2 Å². The summed E-state index contributed by atoms with van der Waals surface area (Å²) in [7, 11) is 4.78. The Labute approximate surface area is 169 Å². The first-order chi connectivity index (χ1) is 14.1. The van der Waals surface area contributed by atoms with Gasteiger partial charge in [-0.15, -0.1) is 0 Å². The van der Waals surface area contributed by atoms with Gasteiger partial charge in [0, 0.05) is 41.9 Å². The summed E-state index contributed by atoms with van der Waals surface area (Å²) in [6, 6.07) is 13.0. The number of rotatable bonds is 5. The molecule has 2 heterocycles. The standard InChI is InChI=1S/C22H23N3O4/c1-27-16-7-4-14(5-8-16)21-17-13-25(11-10-18(17)23-24-21)22(26)15-6-9-19(28-2)20(12-15)29-3/h4-9,12H,10-11,13H2,1-3H3,(H,23,24). The zero-order chi connectivity index (χ0) is 20.4. The average molecular weight is 393 g/mol. The summed E-state index contributed by atoms with van der Waals surface area (Å²) in [5, 5.41) is 7.63. The molecular formula is C22H23N3O4. The Kier molecular flexibility index (Phi) is 5.12. The van der Waals surface area contributed by atoms with Gasteiger partial charge in [-0.2, -0.15) is 5.10 Å². The van der Waals surface area contributed by atoms with Crippen LogP contribution in [-0.2, 0) is 13.0 Å². The van der Waals surface area contributed by atoms with E-state index in [4.69, 9.17) is 14.2 Å². The van der Waals surface area contributed by atoms with Crippen molar-refractivity contribution in [1.29, 1.82) is 0 Å². The molecule has 0 saturated heterocycles. The summed E-state index contributed by atoms with van der Waals surface area (Å²) < 4.78 is 15.8. The van der Waals surface area contributed by atoms with Crippen LogP contribution >= 0.6 is 0 Å². The highest BCUT2D eigenvalue weighted by Crippen LogP contribution is 2.32. The number of H-pyrrole nitrogens is 1. The number of methoxy groups -OCH3 is 3. The van der Waals surface area contributed by atoms with Gasteiger partial charge >= 0.3 is 0 Å². The SMILES string of the molecule is COc1ccc(-c2n[nH]c3c2CN(C(=O)c2ccc(OC)c(OC)c2)CC3)cc1. The summed E-state index contributed by atoms with van der Waals surface area (Å²) >= 11 is 0. The lowest BCUT2D eigenvalue weighted by Crippen LogP contribution is -2.35. The summed E-state index contributed by atoms with van der Waals surface area (Å²) in [5.74, 6) is 1.89. The van der Waals surface area contributed by atoms with Gasteiger partial charge in [0.1, 0.15) is 5.75 Å². The summed E-state index contributed by atoms with van der Waals surface area (Å²) in [4.78, 5) is 15.0. The second kappa shape index (κ2) is 7.87. The first-order valence-corrected chi connectivity index (χ1v) is 9.36. The number of aromatic nitrogens is 2. The van der Waals surface area contributed by atoms with Gasteiger partial charge in [-0.25, -0.2) is 0 Å². The average Bonchev–Trinajstić information content (AvgIpc) is 3.21. The number of hydrogen-bond acceptors (Lipinski definition) is 5. The zero-order valence-corrected chi connectivity index (χ0v) is 16.7. The Bertz CT molecular complexity index is 1030. The molecule has 0 fully saturated rings. The van der Waals surface area contributed by atoms with Gasteiger partial charge < -0.3 is 19.1 Å². The maximum Gasteiger partial charge on any atom is 0.254 e. The van der Waals surface area contributed by atoms with Crippen LogP contribution in [0.15, 0.2) is 42.5 Å². The fraction of sp³-hybridized carbons (Fsp3) is 0.273. The lowest BCUT2D eigenvalue weighted by Gasteiger charge is -2.27. The number of ether oxygens (including phenoxy) is 3. The molecule has 1 aliphatic heterocycles. The van der Waals surface area contributed by atoms with Crippen molar-refractivity contribution in [1.82, 2.24) is 15.1 Å². The molecule has 2 aromatic carbocycles. The highest BCUT2D eigenvalue weighted by atomic mass is 16.5. The van der Waals surface area contributed by atoms with Crippen molar-refractivity contribution in [2.24, 2.45) is 0 Å². The van der Waals surface area contributed by atoms with Gasteiger partial charge in [0.2, 0.25) is 0 Å². The second-order valence-corrected chi connectivity index (χ2v) is 6.80. The first-order valence-electron chi connectivity index (χ1n) is 9.36. The molecule has 0 bridgehead atoms. The third-order valence-electron chi connectivity index (χ3n) is 5.21. The van der Waals surface area contributed by atoms with E-state index in [0.717, 1.165) is 34.7 Å². The number of aromatic amines is 1. The fourth-order valence-electron chi connectivity index (χ4n) is 3.61. The molecule has 150 valence electrons. The van der Waals surface area contributed by atoms with E-state index < -0.39 is 0 Å². The molecule has 7 nitrogen and oxygen atoms in total. The van der Waals surface area contributed by atoms with E-state index in [9.17, 15) is 4.79 Å². The third kappa shape index (κ3) is 3.51. The Morgan fingerprint density at radius 2 is 1.76 bits per heavy atom. The number of fused-ring (bicyclic) bond motifs is 1. The Morgan fingerprint density at radius 1 is 1.00 bits per heavy atom. The van der Waals surface area contributed by atoms with Crippen LogP contribution in [0.4, 0.5) is 0 Å². The first kappa shape index (κ1) is 18.9. The number of hydrogen-bond donors (Lipinski definition) is 1. The van der Waals surface area contributed by atoms with E-state index in [0.29, 0.717) is 30.2 Å². The molecule has 0 spiro atoms. The highest BCUT2D eigenvalue weighted by Gasteiger charge is 2.27. The summed E-state index contributed by atoms with van der Waals surface area (Å²) in [6.07, 6.45) is 0.734. The minimum Gasteiger partial charge on any atom is -0.497 e. The van der Waals surface area contributed by atoms with Gasteiger partial charge in [-0.3, -0.25) is 9.89 Å². The second-order valence-electron chi connectivity index (χ2n) is 6.80. The third-order valence-corrected chi connectivity index (χ3v) is 5.21. The molecule has 1 N–H and O–H groups in total. The van der Waals surface area contributed by atoms with Crippen LogP contribution in [-0.4, -0.2) is 48.9 Å². The van der Waals surface area contributed by atoms with E-state index in [-0.39, 0.29) is 5.91 Å². The molecular weight excluding hydrogens is 370 g/mol. The van der Waals surface area contributed by atoms with Gasteiger partial charge in [-0.05, 0) is 42.5 Å². The van der Waals surface area contributed by atoms with Gasteiger partial charge in [0.15, 0.2) is 11.5 Å². The maximum atomic E-state index is 13.1. The van der Waals surface area contributed by atoms with Crippen LogP contribution in [0.3, 0.4) is 0 Å². The van der Waals surface area contributed by atoms with Crippen molar-refractivity contribution < 1.29 is 19.0 Å². The van der Waals surface area contributed by atoms with Crippen molar-refractivity contribution in [2.75, 3.05) is 27.9 Å². The number of benzene rings is 2. The van der Waals surface area contributed by atoms with Gasteiger partial charge in [0.25, 0.3) is 5.91 Å². The zero-order valence-electron chi connectivity index (χ0n) is 16.7. The lowest BCUT2D eigenvalue weighted by atomic mass is 10.00. The molecule has 4 rings (SSSR count). The molecule has 0 aliphatic carbocycles. The van der Waals surface area contributed by atoms with Crippen molar-refractivity contribution >= 4 is 5.91 Å². The molecule has 1 aliphatic rings. The van der Waals surface area contributed by atoms with Gasteiger partial charge in [-0.1, -0.05) is 0 Å². The van der Waals surface area contributed by atoms with Crippen LogP contribution in [0.25, 0.3) is 11.3 Å². The van der Waals surface area contributed by atoms with Crippen molar-refractivity contribution in [2.45, 2.75) is 13.0 Å². The maximum absolute atomic E-state index is 13.1. The predicted molar refractivity (Wildman–Crippen MR) is 109 cm³/mol. The molecule has 29 heavy (non-hydrogen) atoms. The monoisotopic (exact) mass is 393 g/mol. The van der Waals surface area contributed by atoms with E-state index >= 15 is 0 Å². The largest absolute Gasteiger partial charge is 0.497 e. The van der Waals surface area contributed by atoms with E-state index in [1.54, 1.807) is 39.5 Å². The molecule has 0 unspecified atom stereocenters. The Morgan fingerprint density at radius 3 is 2.45 bits per heavy atom. The van der Waals surface area contributed by atoms with E-state index in [1.807, 2.05) is 29.2 Å². The number of amides is 1. The minimum absolute atomic E-state index is 0.0431. The normalized spacial score (nSPS) is 13.0. The predicted octanol–water partition coefficient (Wildman–Crippen LogP) is 3.30. The highest BCUT2D eigenvalue weighted by molar-refractivity contribution is 5.95. The topological polar surface area (TPSA) is 76.7 Å². The molecule has 7 heteroatoms. The van der Waals surface area contributed by atoms with Crippen molar-refractivity contribution in [3.63, 3.8) is 0 Å². The minimum atomic E-state index is -0.0431. The molecule has 1 aromatic heterocycles. The number of nitrogens with one attached hydrogen (secondary N) is 1. The van der Waals surface area contributed by atoms with Crippen LogP contribution in [0.1, 0.15) is 21.6 Å². The quantitative estimate of drug-likeness (QED) is 0.720. The van der Waals surface area contributed by atoms with E-state index in [2.05, 4.69) is 10.2 Å². The molecule has 0 radical (unpaired) electrons. The molecule has 0 saturated carbocycles. The Hall–Kier alpha value is -3.48. The molecule has 1 amide bonds. The smallest absolute Gasteiger partial charge is 0.254 e. The number of carbonyl (C=O) groups is 1. The van der Waals surface area contributed by atoms with Crippen LogP contribution in [0.2, 0.25) is 0 Å². The van der Waals surface area contributed by atoms with E-state index in [1.165, 1.54) is 0 Å². The van der Waals surface area contributed by atoms with Gasteiger partial charge in [0.05, 0.1) is 27.0 Å². The summed E-state index contributed by atoms with van der Waals surface area (Å²) in [5.41, 5.74) is 4.55. The number of carbonyl (C=O) groups excluding carboxylic acids is 1. The van der Waals surface area contributed by atoms with Crippen molar-refractivity contribution in [3.05, 3.63) is 59.3 Å². The fourth-order valence-corrected chi connectivity index (χ4v) is 3.61. The molecule has 0 atom stereocenters. The molecule has 3 aromatic rings. The Balaban J connectivity index is 1.60. The van der Waals surface area contributed by atoms with Crippen LogP contribution in [0, 0.1) is 0 Å².